The van der Waals surface area contributed by atoms with Crippen LogP contribution in [0.2, 0.25) is 0 Å². The molecule has 1 heterocycles. The number of amidine groups is 1. The topological polar surface area (TPSA) is 53.1 Å². The molecule has 0 aliphatic carbocycles. The van der Waals surface area contributed by atoms with Crippen LogP contribution in [-0.4, -0.2) is 29.9 Å². The second-order valence-corrected chi connectivity index (χ2v) is 6.02. The largest absolute Gasteiger partial charge is 0.387 e. The quantitative estimate of drug-likeness (QED) is 0.553. The zero-order valence-corrected chi connectivity index (χ0v) is 11.8. The summed E-state index contributed by atoms with van der Waals surface area (Å²) in [7, 11) is 0. The lowest BCUT2D eigenvalue weighted by atomic mass is 9.87. The van der Waals surface area contributed by atoms with Crippen molar-refractivity contribution in [3.05, 3.63) is 0 Å². The lowest BCUT2D eigenvalue weighted by molar-refractivity contribution is 0.128. The van der Waals surface area contributed by atoms with E-state index in [9.17, 15) is 0 Å². The molecule has 1 fully saturated rings. The molecule has 3 nitrogen and oxygen atoms in total. The summed E-state index contributed by atoms with van der Waals surface area (Å²) >= 11 is 0. The number of rotatable bonds is 6. The summed E-state index contributed by atoms with van der Waals surface area (Å²) < 4.78 is 0. The van der Waals surface area contributed by atoms with E-state index in [-0.39, 0.29) is 5.41 Å². The predicted octanol–water partition coefficient (Wildman–Crippen LogP) is 2.99. The van der Waals surface area contributed by atoms with Gasteiger partial charge in [0.05, 0.1) is 5.84 Å². The molecule has 1 saturated heterocycles. The lowest BCUT2D eigenvalue weighted by Crippen LogP contribution is -2.42. The molecule has 1 rings (SSSR count). The van der Waals surface area contributed by atoms with E-state index in [0.29, 0.717) is 5.84 Å². The number of nitrogens with two attached hydrogens (primary N) is 1. The highest BCUT2D eigenvalue weighted by molar-refractivity contribution is 5.82. The molecule has 0 bridgehead atoms. The van der Waals surface area contributed by atoms with E-state index in [1.807, 2.05) is 0 Å². The normalized spacial score (nSPS) is 22.6. The predicted molar refractivity (Wildman–Crippen MR) is 74.4 cm³/mol. The summed E-state index contributed by atoms with van der Waals surface area (Å²) in [6.45, 7) is 8.75. The van der Waals surface area contributed by atoms with Crippen LogP contribution in [0.3, 0.4) is 0 Å². The Kier molecular flexibility index (Phi) is 5.44. The van der Waals surface area contributed by atoms with E-state index < -0.39 is 0 Å². The molecule has 0 spiro atoms. The molecular formula is C14H29N3. The van der Waals surface area contributed by atoms with Gasteiger partial charge in [-0.1, -0.05) is 33.6 Å². The molecule has 0 saturated carbocycles. The van der Waals surface area contributed by atoms with Crippen molar-refractivity contribution in [1.82, 2.24) is 4.90 Å². The molecule has 3 heteroatoms. The molecule has 17 heavy (non-hydrogen) atoms. The van der Waals surface area contributed by atoms with Crippen molar-refractivity contribution in [2.45, 2.75) is 65.3 Å². The van der Waals surface area contributed by atoms with Gasteiger partial charge in [-0.25, -0.2) is 0 Å². The van der Waals surface area contributed by atoms with Crippen molar-refractivity contribution < 1.29 is 0 Å². The molecule has 0 aromatic rings. The van der Waals surface area contributed by atoms with Crippen molar-refractivity contribution in [1.29, 1.82) is 5.41 Å². The SMILES string of the molecule is CCCC1CCCCN1CCC(C)(C)C(=N)N. The van der Waals surface area contributed by atoms with Crippen molar-refractivity contribution in [2.24, 2.45) is 11.1 Å². The van der Waals surface area contributed by atoms with Crippen molar-refractivity contribution in [2.75, 3.05) is 13.1 Å². The Labute approximate surface area is 106 Å². The number of likely N-dealkylation sites (tertiary alicyclic amines) is 1. The second kappa shape index (κ2) is 6.39. The first kappa shape index (κ1) is 14.5. The average molecular weight is 239 g/mol. The van der Waals surface area contributed by atoms with E-state index in [1.54, 1.807) is 0 Å². The fraction of sp³-hybridized carbons (Fsp3) is 0.929. The van der Waals surface area contributed by atoms with Gasteiger partial charge in [0.15, 0.2) is 0 Å². The molecule has 1 unspecified atom stereocenters. The van der Waals surface area contributed by atoms with Gasteiger partial charge in [-0.3, -0.25) is 5.41 Å². The standard InChI is InChI=1S/C14H29N3/c1-4-7-12-8-5-6-10-17(12)11-9-14(2,3)13(15)16/h12H,4-11H2,1-3H3,(H3,15,16). The van der Waals surface area contributed by atoms with E-state index in [2.05, 4.69) is 25.7 Å². The van der Waals surface area contributed by atoms with Crippen LogP contribution in [0.5, 0.6) is 0 Å². The molecule has 0 amide bonds. The zero-order chi connectivity index (χ0) is 12.9. The van der Waals surface area contributed by atoms with Gasteiger partial charge in [-0.2, -0.15) is 0 Å². The Balaban J connectivity index is 2.45. The van der Waals surface area contributed by atoms with E-state index in [4.69, 9.17) is 11.1 Å². The van der Waals surface area contributed by atoms with Gasteiger partial charge in [-0.15, -0.1) is 0 Å². The summed E-state index contributed by atoms with van der Waals surface area (Å²) in [6, 6.07) is 0.775. The lowest BCUT2D eigenvalue weighted by Gasteiger charge is -2.37. The first-order valence-electron chi connectivity index (χ1n) is 7.06. The van der Waals surface area contributed by atoms with Crippen LogP contribution in [-0.2, 0) is 0 Å². The molecule has 100 valence electrons. The number of nitrogens with zero attached hydrogens (tertiary/aromatic N) is 1. The highest BCUT2D eigenvalue weighted by atomic mass is 15.2. The Bertz CT molecular complexity index is 246. The van der Waals surface area contributed by atoms with Gasteiger partial charge in [0.1, 0.15) is 0 Å². The highest BCUT2D eigenvalue weighted by Crippen LogP contribution is 2.25. The van der Waals surface area contributed by atoms with Gasteiger partial charge in [0.25, 0.3) is 0 Å². The number of hydrogen-bond donors (Lipinski definition) is 2. The maximum Gasteiger partial charge on any atom is 0.0963 e. The molecule has 1 aliphatic heterocycles. The molecule has 1 aliphatic rings. The second-order valence-electron chi connectivity index (χ2n) is 6.02. The van der Waals surface area contributed by atoms with E-state index >= 15 is 0 Å². The van der Waals surface area contributed by atoms with Gasteiger partial charge in [0.2, 0.25) is 0 Å². The van der Waals surface area contributed by atoms with E-state index in [0.717, 1.165) is 19.0 Å². The maximum absolute atomic E-state index is 7.60. The highest BCUT2D eigenvalue weighted by Gasteiger charge is 2.26. The molecule has 0 radical (unpaired) electrons. The third-order valence-corrected chi connectivity index (χ3v) is 4.12. The Morgan fingerprint density at radius 2 is 2.12 bits per heavy atom. The summed E-state index contributed by atoms with van der Waals surface area (Å²) in [5, 5.41) is 7.60. The average Bonchev–Trinajstić information content (AvgIpc) is 2.28. The minimum Gasteiger partial charge on any atom is -0.387 e. The number of nitrogens with one attached hydrogen (secondary N) is 1. The zero-order valence-electron chi connectivity index (χ0n) is 11.8. The Morgan fingerprint density at radius 1 is 1.41 bits per heavy atom. The first-order chi connectivity index (χ1) is 7.97. The summed E-state index contributed by atoms with van der Waals surface area (Å²) in [4.78, 5) is 2.62. The monoisotopic (exact) mass is 239 g/mol. The first-order valence-corrected chi connectivity index (χ1v) is 7.06. The van der Waals surface area contributed by atoms with Gasteiger partial charge < -0.3 is 10.6 Å². The van der Waals surface area contributed by atoms with Gasteiger partial charge in [-0.05, 0) is 38.8 Å². The molecule has 0 aromatic carbocycles. The molecule has 3 N–H and O–H groups in total. The summed E-state index contributed by atoms with van der Waals surface area (Å²) in [5.41, 5.74) is 5.50. The van der Waals surface area contributed by atoms with Crippen LogP contribution in [0.15, 0.2) is 0 Å². The third-order valence-electron chi connectivity index (χ3n) is 4.12. The van der Waals surface area contributed by atoms with Crippen molar-refractivity contribution in [3.63, 3.8) is 0 Å². The van der Waals surface area contributed by atoms with Crippen LogP contribution in [0.4, 0.5) is 0 Å². The minimum absolute atomic E-state index is 0.145. The summed E-state index contributed by atoms with van der Waals surface area (Å²) in [6.07, 6.45) is 7.67. The van der Waals surface area contributed by atoms with Crippen molar-refractivity contribution in [3.8, 4) is 0 Å². The third kappa shape index (κ3) is 4.30. The Hall–Kier alpha value is -0.570. The van der Waals surface area contributed by atoms with Crippen molar-refractivity contribution >= 4 is 5.84 Å². The fourth-order valence-electron chi connectivity index (χ4n) is 2.57. The molecule has 0 aromatic heterocycles. The van der Waals surface area contributed by atoms with Gasteiger partial charge in [0, 0.05) is 11.5 Å². The molecule has 1 atom stereocenters. The molecular weight excluding hydrogens is 210 g/mol. The van der Waals surface area contributed by atoms with Crippen LogP contribution >= 0.6 is 0 Å². The van der Waals surface area contributed by atoms with Crippen LogP contribution in [0.1, 0.15) is 59.3 Å². The van der Waals surface area contributed by atoms with Crippen LogP contribution < -0.4 is 5.73 Å². The number of hydrogen-bond acceptors (Lipinski definition) is 2. The van der Waals surface area contributed by atoms with E-state index in [1.165, 1.54) is 38.6 Å². The summed E-state index contributed by atoms with van der Waals surface area (Å²) in [5.74, 6) is 0.321. The Morgan fingerprint density at radius 3 is 2.71 bits per heavy atom. The number of piperidine rings is 1. The minimum atomic E-state index is -0.145. The van der Waals surface area contributed by atoms with Crippen LogP contribution in [0, 0.1) is 10.8 Å². The maximum atomic E-state index is 7.60. The smallest absolute Gasteiger partial charge is 0.0963 e. The van der Waals surface area contributed by atoms with Gasteiger partial charge >= 0.3 is 0 Å². The fourth-order valence-corrected chi connectivity index (χ4v) is 2.57. The van der Waals surface area contributed by atoms with Crippen LogP contribution in [0.25, 0.3) is 0 Å².